The Kier molecular flexibility index (Phi) is 4.48. The predicted octanol–water partition coefficient (Wildman–Crippen LogP) is 3.68. The second-order valence-corrected chi connectivity index (χ2v) is 7.57. The van der Waals surface area contributed by atoms with Crippen LogP contribution in [0, 0.1) is 0 Å². The van der Waals surface area contributed by atoms with E-state index in [2.05, 4.69) is 9.71 Å². The molecule has 2 heterocycles. The van der Waals surface area contributed by atoms with Crippen molar-refractivity contribution < 1.29 is 22.4 Å². The van der Waals surface area contributed by atoms with Crippen LogP contribution in [0.5, 0.6) is 0 Å². The highest BCUT2D eigenvalue weighted by molar-refractivity contribution is 7.90. The van der Waals surface area contributed by atoms with E-state index < -0.39 is 10.0 Å². The zero-order valence-corrected chi connectivity index (χ0v) is 15.7. The average molecular weight is 396 g/mol. The van der Waals surface area contributed by atoms with E-state index in [9.17, 15) is 13.2 Å². The first-order valence-corrected chi connectivity index (χ1v) is 10.0. The average Bonchev–Trinajstić information content (AvgIpc) is 3.18. The van der Waals surface area contributed by atoms with Crippen molar-refractivity contribution in [2.45, 2.75) is 11.8 Å². The number of rotatable bonds is 4. The van der Waals surface area contributed by atoms with Gasteiger partial charge in [0.1, 0.15) is 10.7 Å². The van der Waals surface area contributed by atoms with Crippen LogP contribution in [0.3, 0.4) is 0 Å². The topological polar surface area (TPSA) is 98.0 Å². The number of amidine groups is 1. The highest BCUT2D eigenvalue weighted by atomic mass is 32.2. The summed E-state index contributed by atoms with van der Waals surface area (Å²) in [5.41, 5.74) is 1.63. The van der Waals surface area contributed by atoms with Gasteiger partial charge in [0.25, 0.3) is 10.0 Å². The first-order chi connectivity index (χ1) is 13.5. The molecule has 7 nitrogen and oxygen atoms in total. The number of sulfonamides is 1. The van der Waals surface area contributed by atoms with Crippen LogP contribution in [-0.4, -0.2) is 26.8 Å². The van der Waals surface area contributed by atoms with Gasteiger partial charge in [-0.3, -0.25) is 0 Å². The molecule has 142 valence electrons. The molecule has 0 bridgehead atoms. The summed E-state index contributed by atoms with van der Waals surface area (Å²) >= 11 is 0. The normalized spacial score (nSPS) is 14.5. The van der Waals surface area contributed by atoms with E-state index in [1.54, 1.807) is 61.5 Å². The number of anilines is 1. The molecule has 2 aromatic carbocycles. The fraction of sp³-hybridized carbons (Fsp3) is 0.100. The number of esters is 1. The van der Waals surface area contributed by atoms with Crippen molar-refractivity contribution in [3.8, 4) is 11.3 Å². The van der Waals surface area contributed by atoms with Crippen LogP contribution in [0.25, 0.3) is 11.3 Å². The molecular weight excluding hydrogens is 380 g/mol. The lowest BCUT2D eigenvalue weighted by molar-refractivity contribution is 0.0526. The Morgan fingerprint density at radius 2 is 1.75 bits per heavy atom. The Morgan fingerprint density at radius 3 is 2.50 bits per heavy atom. The molecule has 1 N–H and O–H groups in total. The van der Waals surface area contributed by atoms with Crippen LogP contribution in [0.2, 0.25) is 0 Å². The van der Waals surface area contributed by atoms with Crippen molar-refractivity contribution in [1.82, 2.24) is 0 Å². The smallest absolute Gasteiger partial charge is 0.338 e. The van der Waals surface area contributed by atoms with Crippen LogP contribution >= 0.6 is 0 Å². The monoisotopic (exact) mass is 396 g/mol. The van der Waals surface area contributed by atoms with Crippen molar-refractivity contribution >= 4 is 27.5 Å². The molecule has 4 rings (SSSR count). The molecule has 0 saturated heterocycles. The highest BCUT2D eigenvalue weighted by Crippen LogP contribution is 2.30. The molecule has 0 saturated carbocycles. The number of benzene rings is 2. The van der Waals surface area contributed by atoms with Crippen molar-refractivity contribution in [3.63, 3.8) is 0 Å². The third-order valence-corrected chi connectivity index (χ3v) is 5.48. The summed E-state index contributed by atoms with van der Waals surface area (Å²) in [6.07, 6.45) is 0. The molecule has 0 amide bonds. The maximum absolute atomic E-state index is 12.4. The van der Waals surface area contributed by atoms with Gasteiger partial charge in [0.05, 0.1) is 17.9 Å². The lowest BCUT2D eigenvalue weighted by Gasteiger charge is -2.16. The van der Waals surface area contributed by atoms with Crippen LogP contribution in [0.15, 0.2) is 74.4 Å². The van der Waals surface area contributed by atoms with Gasteiger partial charge in [-0.2, -0.15) is 8.42 Å². The van der Waals surface area contributed by atoms with E-state index in [0.29, 0.717) is 29.4 Å². The molecule has 3 aromatic rings. The minimum Gasteiger partial charge on any atom is -0.462 e. The van der Waals surface area contributed by atoms with E-state index in [0.717, 1.165) is 5.56 Å². The summed E-state index contributed by atoms with van der Waals surface area (Å²) in [6.45, 7) is 2.06. The lowest BCUT2D eigenvalue weighted by Crippen LogP contribution is -2.21. The molecule has 0 atom stereocenters. The summed E-state index contributed by atoms with van der Waals surface area (Å²) in [5.74, 6) is 0.542. The molecule has 0 unspecified atom stereocenters. The largest absolute Gasteiger partial charge is 0.462 e. The van der Waals surface area contributed by atoms with Gasteiger partial charge in [-0.15, -0.1) is 4.40 Å². The number of para-hydroxylation sites is 1. The fourth-order valence-electron chi connectivity index (χ4n) is 2.83. The quantitative estimate of drug-likeness (QED) is 0.676. The molecule has 1 aromatic heterocycles. The Balaban J connectivity index is 1.62. The minimum absolute atomic E-state index is 0.119. The molecule has 0 radical (unpaired) electrons. The van der Waals surface area contributed by atoms with E-state index in [1.165, 1.54) is 6.07 Å². The van der Waals surface area contributed by atoms with Gasteiger partial charge in [0, 0.05) is 5.56 Å². The number of hydrogen-bond acceptors (Lipinski definition) is 6. The molecule has 1 aliphatic heterocycles. The molecule has 0 spiro atoms. The predicted molar refractivity (Wildman–Crippen MR) is 104 cm³/mol. The second kappa shape index (κ2) is 6.97. The standard InChI is InChI=1S/C20H16N2O5S/c1-2-26-20(23)14-9-7-13(8-10-14)16-11-12-17(27-16)19-21-15-5-3-4-6-18(15)28(24,25)22-19/h3-12H,2H2,1H3,(H,21,22). The van der Waals surface area contributed by atoms with Crippen molar-refractivity contribution in [1.29, 1.82) is 0 Å². The van der Waals surface area contributed by atoms with Crippen molar-refractivity contribution in [3.05, 3.63) is 72.0 Å². The van der Waals surface area contributed by atoms with Gasteiger partial charge in [-0.1, -0.05) is 24.3 Å². The number of fused-ring (bicyclic) bond motifs is 1. The molecule has 28 heavy (non-hydrogen) atoms. The van der Waals surface area contributed by atoms with Crippen molar-refractivity contribution in [2.75, 3.05) is 11.9 Å². The fourth-order valence-corrected chi connectivity index (χ4v) is 3.95. The first-order valence-electron chi connectivity index (χ1n) is 8.57. The van der Waals surface area contributed by atoms with Gasteiger partial charge in [0.2, 0.25) is 0 Å². The van der Waals surface area contributed by atoms with Gasteiger partial charge in [0.15, 0.2) is 11.6 Å². The van der Waals surface area contributed by atoms with E-state index in [4.69, 9.17) is 9.15 Å². The van der Waals surface area contributed by atoms with Crippen molar-refractivity contribution in [2.24, 2.45) is 4.40 Å². The third-order valence-electron chi connectivity index (χ3n) is 4.15. The number of hydrogen-bond donors (Lipinski definition) is 1. The number of carbonyl (C=O) groups excluding carboxylic acids is 1. The summed E-state index contributed by atoms with van der Waals surface area (Å²) in [5, 5.41) is 2.99. The zero-order valence-electron chi connectivity index (χ0n) is 14.9. The zero-order chi connectivity index (χ0) is 19.7. The molecule has 0 fully saturated rings. The Labute approximate surface area is 161 Å². The third kappa shape index (κ3) is 3.29. The highest BCUT2D eigenvalue weighted by Gasteiger charge is 2.26. The Hall–Kier alpha value is -3.39. The minimum atomic E-state index is -3.80. The maximum atomic E-state index is 12.4. The van der Waals surface area contributed by atoms with Crippen LogP contribution in [0.4, 0.5) is 5.69 Å². The lowest BCUT2D eigenvalue weighted by atomic mass is 10.1. The Bertz CT molecular complexity index is 1180. The Morgan fingerprint density at radius 1 is 1.04 bits per heavy atom. The van der Waals surface area contributed by atoms with E-state index in [1.807, 2.05) is 0 Å². The second-order valence-electron chi connectivity index (χ2n) is 6.00. The maximum Gasteiger partial charge on any atom is 0.338 e. The molecule has 1 aliphatic rings. The van der Waals surface area contributed by atoms with Crippen LogP contribution < -0.4 is 5.32 Å². The van der Waals surface area contributed by atoms with Gasteiger partial charge < -0.3 is 14.5 Å². The summed E-state index contributed by atoms with van der Waals surface area (Å²) in [7, 11) is -3.80. The number of nitrogens with zero attached hydrogens (tertiary/aromatic N) is 1. The number of furan rings is 1. The van der Waals surface area contributed by atoms with Crippen LogP contribution in [-0.2, 0) is 14.8 Å². The summed E-state index contributed by atoms with van der Waals surface area (Å²) in [4.78, 5) is 11.9. The number of nitrogens with one attached hydrogen (secondary N) is 1. The molecular formula is C20H16N2O5S. The molecule has 8 heteroatoms. The van der Waals surface area contributed by atoms with Gasteiger partial charge in [-0.05, 0) is 43.3 Å². The van der Waals surface area contributed by atoms with E-state index in [-0.39, 0.29) is 16.7 Å². The number of ether oxygens (including phenoxy) is 1. The van der Waals surface area contributed by atoms with Crippen LogP contribution in [0.1, 0.15) is 23.0 Å². The summed E-state index contributed by atoms with van der Waals surface area (Å²) < 4.78 is 39.3. The summed E-state index contributed by atoms with van der Waals surface area (Å²) in [6, 6.07) is 16.7. The molecule has 0 aliphatic carbocycles. The van der Waals surface area contributed by atoms with Gasteiger partial charge in [-0.25, -0.2) is 4.79 Å². The van der Waals surface area contributed by atoms with E-state index >= 15 is 0 Å². The first kappa shape index (κ1) is 18.0. The number of carbonyl (C=O) groups is 1. The van der Waals surface area contributed by atoms with Gasteiger partial charge >= 0.3 is 5.97 Å². The SMILES string of the molecule is CCOC(=O)c1ccc(-c2ccc(C3=NS(=O)(=O)c4ccccc4N3)o2)cc1.